The van der Waals surface area contributed by atoms with Crippen molar-refractivity contribution in [1.29, 1.82) is 0 Å². The van der Waals surface area contributed by atoms with Gasteiger partial charge in [0, 0.05) is 0 Å². The smallest absolute Gasteiger partial charge is 0.356 e. The summed E-state index contributed by atoms with van der Waals surface area (Å²) in [5, 5.41) is 1.81. The van der Waals surface area contributed by atoms with Crippen LogP contribution in [0, 0.1) is 0 Å². The molecule has 1 N–H and O–H groups in total. The molecule has 2 aromatic carbocycles. The van der Waals surface area contributed by atoms with Crippen LogP contribution in [0.5, 0.6) is 0 Å². The van der Waals surface area contributed by atoms with Crippen molar-refractivity contribution in [2.24, 2.45) is 0 Å². The van der Waals surface area contributed by atoms with E-state index in [0.717, 1.165) is 17.3 Å². The topological polar surface area (TPSA) is 67.9 Å². The van der Waals surface area contributed by atoms with E-state index >= 15 is 0 Å². The number of esters is 2. The van der Waals surface area contributed by atoms with Crippen molar-refractivity contribution >= 4 is 17.6 Å². The summed E-state index contributed by atoms with van der Waals surface area (Å²) in [6, 6.07) is 17.9. The minimum Gasteiger partial charge on any atom is -0.463 e. The molecule has 0 aliphatic rings. The largest absolute Gasteiger partial charge is 0.463 e. The summed E-state index contributed by atoms with van der Waals surface area (Å²) >= 11 is 0. The summed E-state index contributed by atoms with van der Waals surface area (Å²) in [7, 11) is 0. The molecule has 0 amide bonds. The molecule has 160 valence electrons. The molecular formula is C24H30N2O4. The molecule has 0 saturated carbocycles. The molecule has 2 aromatic rings. The van der Waals surface area contributed by atoms with E-state index in [-0.39, 0.29) is 18.9 Å². The molecule has 30 heavy (non-hydrogen) atoms. The van der Waals surface area contributed by atoms with E-state index in [9.17, 15) is 9.59 Å². The molecule has 0 radical (unpaired) electrons. The number of hydrogen-bond donors (Lipinski definition) is 1. The molecule has 6 heteroatoms. The number of hydrazine groups is 1. The van der Waals surface area contributed by atoms with E-state index in [0.29, 0.717) is 12.5 Å². The number of anilines is 1. The molecule has 0 spiro atoms. The number of hydrogen-bond acceptors (Lipinski definition) is 6. The maximum absolute atomic E-state index is 12.5. The Hall–Kier alpha value is -3.28. The lowest BCUT2D eigenvalue weighted by Crippen LogP contribution is -2.40. The van der Waals surface area contributed by atoms with Crippen molar-refractivity contribution in [3.05, 3.63) is 77.5 Å². The zero-order valence-electron chi connectivity index (χ0n) is 18.1. The summed E-state index contributed by atoms with van der Waals surface area (Å²) in [6.45, 7) is 8.58. The molecule has 0 unspecified atom stereocenters. The summed E-state index contributed by atoms with van der Waals surface area (Å²) < 4.78 is 10.1. The molecule has 0 atom stereocenters. The average molecular weight is 411 g/mol. The zero-order valence-corrected chi connectivity index (χ0v) is 18.1. The molecule has 0 aromatic heterocycles. The lowest BCUT2D eigenvalue weighted by molar-refractivity contribution is -0.141. The fraction of sp³-hybridized carbons (Fsp3) is 0.333. The first-order valence-corrected chi connectivity index (χ1v) is 10.2. The van der Waals surface area contributed by atoms with Crippen LogP contribution < -0.4 is 10.4 Å². The van der Waals surface area contributed by atoms with Crippen LogP contribution in [-0.4, -0.2) is 25.2 Å². The van der Waals surface area contributed by atoms with Gasteiger partial charge in [0.1, 0.15) is 5.70 Å². The number of nitrogens with zero attached hydrogens (tertiary/aromatic N) is 1. The Bertz CT molecular complexity index is 845. The van der Waals surface area contributed by atoms with E-state index in [2.05, 4.69) is 31.4 Å². The van der Waals surface area contributed by atoms with Gasteiger partial charge in [-0.1, -0.05) is 56.3 Å². The van der Waals surface area contributed by atoms with Gasteiger partial charge in [0.25, 0.3) is 0 Å². The molecule has 0 fully saturated rings. The van der Waals surface area contributed by atoms with Crippen LogP contribution in [-0.2, 0) is 25.6 Å². The second kappa shape index (κ2) is 11.7. The maximum atomic E-state index is 12.5. The van der Waals surface area contributed by atoms with Gasteiger partial charge in [0.15, 0.2) is 0 Å². The van der Waals surface area contributed by atoms with E-state index in [1.54, 1.807) is 18.9 Å². The third-order valence-corrected chi connectivity index (χ3v) is 4.35. The first kappa shape index (κ1) is 23.0. The van der Waals surface area contributed by atoms with Crippen LogP contribution in [0.25, 0.3) is 0 Å². The molecule has 0 saturated heterocycles. The Morgan fingerprint density at radius 3 is 2.17 bits per heavy atom. The lowest BCUT2D eigenvalue weighted by atomic mass is 10.0. The Labute approximate surface area is 178 Å². The van der Waals surface area contributed by atoms with Gasteiger partial charge in [-0.2, -0.15) is 0 Å². The van der Waals surface area contributed by atoms with Crippen molar-refractivity contribution in [1.82, 2.24) is 5.43 Å². The highest BCUT2D eigenvalue weighted by molar-refractivity contribution is 5.96. The zero-order chi connectivity index (χ0) is 21.9. The van der Waals surface area contributed by atoms with E-state index in [4.69, 9.17) is 9.47 Å². The number of ether oxygens (including phenoxy) is 2. The van der Waals surface area contributed by atoms with Gasteiger partial charge < -0.3 is 9.47 Å². The van der Waals surface area contributed by atoms with Gasteiger partial charge in [-0.25, -0.2) is 9.59 Å². The third-order valence-electron chi connectivity index (χ3n) is 4.35. The molecule has 0 aliphatic heterocycles. The molecule has 0 aliphatic carbocycles. The van der Waals surface area contributed by atoms with Crippen LogP contribution in [0.1, 0.15) is 44.7 Å². The Kier molecular flexibility index (Phi) is 8.94. The van der Waals surface area contributed by atoms with Crippen LogP contribution in [0.15, 0.2) is 66.4 Å². The Balaban J connectivity index is 2.37. The monoisotopic (exact) mass is 410 g/mol. The van der Waals surface area contributed by atoms with Gasteiger partial charge in [0.05, 0.1) is 31.5 Å². The highest BCUT2D eigenvalue weighted by atomic mass is 16.5. The summed E-state index contributed by atoms with van der Waals surface area (Å²) in [5.41, 5.74) is 6.18. The molecule has 6 nitrogen and oxygen atoms in total. The first-order chi connectivity index (χ1) is 14.4. The minimum atomic E-state index is -0.623. The second-order valence-electron chi connectivity index (χ2n) is 6.96. The van der Waals surface area contributed by atoms with Crippen LogP contribution >= 0.6 is 0 Å². The predicted octanol–water partition coefficient (Wildman–Crippen LogP) is 4.33. The summed E-state index contributed by atoms with van der Waals surface area (Å²) in [6.07, 6.45) is 1.13. The normalized spacial score (nSPS) is 11.2. The summed E-state index contributed by atoms with van der Waals surface area (Å²) in [4.78, 5) is 24.5. The maximum Gasteiger partial charge on any atom is 0.356 e. The van der Waals surface area contributed by atoms with Crippen molar-refractivity contribution < 1.29 is 19.1 Å². The van der Waals surface area contributed by atoms with E-state index in [1.165, 1.54) is 5.56 Å². The quantitative estimate of drug-likeness (QED) is 0.357. The number of benzene rings is 2. The molecule has 0 bridgehead atoms. The van der Waals surface area contributed by atoms with Gasteiger partial charge in [0.2, 0.25) is 0 Å². The predicted molar refractivity (Wildman–Crippen MR) is 118 cm³/mol. The molecule has 0 heterocycles. The number of nitrogens with one attached hydrogen (secondary N) is 1. The van der Waals surface area contributed by atoms with Crippen molar-refractivity contribution in [3.63, 3.8) is 0 Å². The average Bonchev–Trinajstić information content (AvgIpc) is 2.74. The SMILES string of the molecule is CCOC(=O)/C=C(/NN(Cc1ccccc1)c1ccc(C(C)C)cc1)C(=O)OCC. The number of carbonyl (C=O) groups is 2. The van der Waals surface area contributed by atoms with Gasteiger partial charge >= 0.3 is 11.9 Å². The fourth-order valence-corrected chi connectivity index (χ4v) is 2.79. The lowest BCUT2D eigenvalue weighted by Gasteiger charge is -2.27. The van der Waals surface area contributed by atoms with Crippen molar-refractivity contribution in [3.8, 4) is 0 Å². The van der Waals surface area contributed by atoms with Crippen LogP contribution in [0.2, 0.25) is 0 Å². The fourth-order valence-electron chi connectivity index (χ4n) is 2.79. The van der Waals surface area contributed by atoms with E-state index in [1.807, 2.05) is 42.5 Å². The Morgan fingerprint density at radius 2 is 1.60 bits per heavy atom. The molecular weight excluding hydrogens is 380 g/mol. The highest BCUT2D eigenvalue weighted by Gasteiger charge is 2.18. The number of carbonyl (C=O) groups excluding carboxylic acids is 2. The standard InChI is InChI=1S/C24H30N2O4/c1-5-29-23(27)16-22(24(28)30-6-2)25-26(17-19-10-8-7-9-11-19)21-14-12-20(13-15-21)18(3)4/h7-16,18,25H,5-6,17H2,1-4H3/b22-16+. The number of rotatable bonds is 10. The van der Waals surface area contributed by atoms with Gasteiger partial charge in [-0.3, -0.25) is 10.4 Å². The highest BCUT2D eigenvalue weighted by Crippen LogP contribution is 2.21. The van der Waals surface area contributed by atoms with Crippen LogP contribution in [0.3, 0.4) is 0 Å². The third kappa shape index (κ3) is 6.95. The van der Waals surface area contributed by atoms with Crippen LogP contribution in [0.4, 0.5) is 5.69 Å². The first-order valence-electron chi connectivity index (χ1n) is 10.2. The van der Waals surface area contributed by atoms with Gasteiger partial charge in [-0.15, -0.1) is 0 Å². The Morgan fingerprint density at radius 1 is 0.967 bits per heavy atom. The van der Waals surface area contributed by atoms with Gasteiger partial charge in [-0.05, 0) is 43.0 Å². The second-order valence-corrected chi connectivity index (χ2v) is 6.96. The molecule has 2 rings (SSSR count). The van der Waals surface area contributed by atoms with E-state index < -0.39 is 11.9 Å². The van der Waals surface area contributed by atoms with Crippen molar-refractivity contribution in [2.75, 3.05) is 18.2 Å². The minimum absolute atomic E-state index is 0.0131. The summed E-state index contributed by atoms with van der Waals surface area (Å²) in [5.74, 6) is -0.821. The van der Waals surface area contributed by atoms with Crippen molar-refractivity contribution in [2.45, 2.75) is 40.2 Å².